The molecule has 1 aliphatic carbocycles. The van der Waals surface area contributed by atoms with E-state index < -0.39 is 0 Å². The van der Waals surface area contributed by atoms with Gasteiger partial charge in [0.2, 0.25) is 5.91 Å². The van der Waals surface area contributed by atoms with Crippen molar-refractivity contribution in [1.82, 2.24) is 10.3 Å². The van der Waals surface area contributed by atoms with Gasteiger partial charge in [-0.3, -0.25) is 4.79 Å². The Balaban J connectivity index is 0.000000316. The fourth-order valence-electron chi connectivity index (χ4n) is 3.02. The highest BCUT2D eigenvalue weighted by atomic mass is 35.5. The Morgan fingerprint density at radius 1 is 1.15 bits per heavy atom. The van der Waals surface area contributed by atoms with E-state index in [0.29, 0.717) is 17.8 Å². The molecule has 2 heterocycles. The number of piperidine rings is 1. The number of hydrogen-bond acceptors (Lipinski definition) is 5. The second kappa shape index (κ2) is 14.8. The summed E-state index contributed by atoms with van der Waals surface area (Å²) in [6.45, 7) is 1.92. The topological polar surface area (TPSA) is 54.0 Å². The average molecular weight is 556 g/mol. The molecule has 1 aromatic rings. The third-order valence-electron chi connectivity index (χ3n) is 3.95. The van der Waals surface area contributed by atoms with Crippen LogP contribution < -0.4 is 10.6 Å². The molecule has 14 heteroatoms. The van der Waals surface area contributed by atoms with Gasteiger partial charge in [-0.15, -0.1) is 12.4 Å². The van der Waals surface area contributed by atoms with E-state index in [4.69, 9.17) is 0 Å². The van der Waals surface area contributed by atoms with E-state index in [-0.39, 0.29) is 24.4 Å². The van der Waals surface area contributed by atoms with E-state index in [1.165, 1.54) is 30.6 Å². The lowest BCUT2D eigenvalue weighted by molar-refractivity contribution is -0.119. The summed E-state index contributed by atoms with van der Waals surface area (Å²) in [6, 6.07) is 6.20. The monoisotopic (exact) mass is 555 g/mol. The van der Waals surface area contributed by atoms with Crippen molar-refractivity contribution < 1.29 is 4.79 Å². The van der Waals surface area contributed by atoms with Crippen LogP contribution in [0.4, 0.5) is 5.82 Å². The van der Waals surface area contributed by atoms with E-state index in [1.54, 1.807) is 44.4 Å². The predicted octanol–water partition coefficient (Wildman–Crippen LogP) is 1.87. The third kappa shape index (κ3) is 9.47. The molecule has 1 saturated heterocycles. The van der Waals surface area contributed by atoms with Crippen molar-refractivity contribution in [2.75, 3.05) is 5.32 Å². The van der Waals surface area contributed by atoms with Crippen molar-refractivity contribution >= 4 is 109 Å². The fraction of sp³-hybridized carbons (Fsp3) is 0.538. The van der Waals surface area contributed by atoms with Crippen LogP contribution in [0.25, 0.3) is 0 Å². The zero-order chi connectivity index (χ0) is 18.8. The van der Waals surface area contributed by atoms with Crippen LogP contribution in [0, 0.1) is 12.8 Å². The Hall–Kier alpha value is 0.850. The molecule has 27 heavy (non-hydrogen) atoms. The highest BCUT2D eigenvalue weighted by Crippen LogP contribution is 2.35. The van der Waals surface area contributed by atoms with Gasteiger partial charge in [-0.05, 0) is 44.2 Å². The largest absolute Gasteiger partial charge is 0.309 e. The molecule has 1 aromatic heterocycles. The van der Waals surface area contributed by atoms with Crippen LogP contribution >= 0.6 is 12.4 Å². The molecule has 0 aromatic carbocycles. The summed E-state index contributed by atoms with van der Waals surface area (Å²) in [4.78, 5) is 16.4. The second-order valence-corrected chi connectivity index (χ2v) is 17.9. The van der Waals surface area contributed by atoms with Crippen molar-refractivity contribution in [3.05, 3.63) is 23.9 Å². The quantitative estimate of drug-likeness (QED) is 0.583. The van der Waals surface area contributed by atoms with Crippen LogP contribution in [0.5, 0.6) is 0 Å². The molecule has 0 radical (unpaired) electrons. The van der Waals surface area contributed by atoms with Crippen molar-refractivity contribution in [2.24, 2.45) is 5.92 Å². The molecule has 2 fully saturated rings. The Labute approximate surface area is 195 Å². The minimum atomic E-state index is -0.0175. The van der Waals surface area contributed by atoms with Gasteiger partial charge in [-0.25, -0.2) is 4.98 Å². The smallest absolute Gasteiger partial charge is 0.242 e. The Morgan fingerprint density at radius 3 is 2.33 bits per heavy atom. The summed E-state index contributed by atoms with van der Waals surface area (Å²) in [7, 11) is 10.9. The molecule has 0 spiro atoms. The van der Waals surface area contributed by atoms with Crippen molar-refractivity contribution in [2.45, 2.75) is 38.3 Å². The number of nitrogens with one attached hydrogen (secondary N) is 2. The normalized spacial score (nSPS) is 21.4. The molecule has 152 valence electrons. The van der Waals surface area contributed by atoms with Crippen LogP contribution in [0.1, 0.15) is 25.0 Å². The van der Waals surface area contributed by atoms with Gasteiger partial charge in [-0.1, -0.05) is 6.07 Å². The number of nitrogens with zero attached hydrogens (tertiary/aromatic N) is 1. The molecule has 2 bridgehead atoms. The van der Waals surface area contributed by atoms with E-state index in [0.717, 1.165) is 12.1 Å². The number of rotatable bonds is 2. The van der Waals surface area contributed by atoms with Crippen LogP contribution in [0.2, 0.25) is 0 Å². The number of aryl methyl sites for hydroxylation is 1. The zero-order valence-electron chi connectivity index (χ0n) is 14.0. The molecule has 2 aliphatic rings. The van der Waals surface area contributed by atoms with Gasteiger partial charge in [0, 0.05) is 96.3 Å². The van der Waals surface area contributed by atoms with Crippen LogP contribution in [-0.4, -0.2) is 23.0 Å². The van der Waals surface area contributed by atoms with Gasteiger partial charge in [0.25, 0.3) is 0 Å². The Kier molecular flexibility index (Phi) is 14.2. The molecule has 2 unspecified atom stereocenters. The number of anilines is 1. The lowest BCUT2D eigenvalue weighted by Gasteiger charge is -2.21. The van der Waals surface area contributed by atoms with Crippen molar-refractivity contribution in [3.8, 4) is 0 Å². The minimum Gasteiger partial charge on any atom is -0.309 e. The van der Waals surface area contributed by atoms with E-state index in [9.17, 15) is 4.79 Å². The Morgan fingerprint density at radius 2 is 1.81 bits per heavy atom. The number of hydrogen-bond donors (Lipinski definition) is 2. The van der Waals surface area contributed by atoms with E-state index in [1.807, 2.05) is 25.1 Å². The predicted molar refractivity (Wildman–Crippen MR) is 139 cm³/mol. The van der Waals surface area contributed by atoms with Gasteiger partial charge >= 0.3 is 0 Å². The van der Waals surface area contributed by atoms with Crippen molar-refractivity contribution in [3.63, 3.8) is 0 Å². The molecular formula is C13H18ClN3OS9. The molecule has 3 rings (SSSR count). The average Bonchev–Trinajstić information content (AvgIpc) is 3.26. The van der Waals surface area contributed by atoms with Gasteiger partial charge in [0.1, 0.15) is 5.82 Å². The van der Waals surface area contributed by atoms with E-state index in [2.05, 4.69) is 38.0 Å². The highest BCUT2D eigenvalue weighted by molar-refractivity contribution is 8.72. The third-order valence-corrected chi connectivity index (χ3v) is 17.3. The standard InChI is InChI=1S/C13H17N3O.ClH.S9/c1-8-3-2-4-11(14-8)16-13(17)12-9-5-6-10(7-9)15-12;;1-3-5-7-9-8-6-4-2/h2-4,9-10,12,15H,5-7H2,1H3,(H,14,16,17);1H;/t9?,10?,12-;;/m0../s1. The van der Waals surface area contributed by atoms with Crippen molar-refractivity contribution in [1.29, 1.82) is 0 Å². The van der Waals surface area contributed by atoms with Crippen LogP contribution in [-0.2, 0) is 89.3 Å². The first-order valence-electron chi connectivity index (χ1n) is 7.56. The summed E-state index contributed by atoms with van der Waals surface area (Å²) in [5, 5.41) is 6.28. The number of aromatic nitrogens is 1. The molecule has 1 amide bonds. The number of amides is 1. The molecular weight excluding hydrogens is 538 g/mol. The van der Waals surface area contributed by atoms with Gasteiger partial charge in [0.15, 0.2) is 0 Å². The zero-order valence-corrected chi connectivity index (χ0v) is 22.2. The maximum atomic E-state index is 12.1. The van der Waals surface area contributed by atoms with Crippen LogP contribution in [0.15, 0.2) is 18.2 Å². The first-order chi connectivity index (χ1) is 12.6. The molecule has 3 atom stereocenters. The van der Waals surface area contributed by atoms with Crippen LogP contribution in [0.3, 0.4) is 0 Å². The summed E-state index contributed by atoms with van der Waals surface area (Å²) >= 11 is 9.27. The molecule has 4 nitrogen and oxygen atoms in total. The summed E-state index contributed by atoms with van der Waals surface area (Å²) in [5.74, 6) is 1.24. The number of carbonyl (C=O) groups excluding carboxylic acids is 1. The summed E-state index contributed by atoms with van der Waals surface area (Å²) < 4.78 is 0. The molecule has 2 N–H and O–H groups in total. The molecule has 1 saturated carbocycles. The summed E-state index contributed by atoms with van der Waals surface area (Å²) in [5.41, 5.74) is 0.920. The fourth-order valence-corrected chi connectivity index (χ4v) is 16.7. The van der Waals surface area contributed by atoms with E-state index >= 15 is 0 Å². The first-order valence-corrected chi connectivity index (χ1v) is 18.2. The lowest BCUT2D eigenvalue weighted by atomic mass is 9.99. The second-order valence-electron chi connectivity index (χ2n) is 5.54. The number of fused-ring (bicyclic) bond motifs is 2. The number of pyridine rings is 1. The first kappa shape index (κ1) is 25.9. The Bertz CT molecular complexity index is 916. The lowest BCUT2D eigenvalue weighted by Crippen LogP contribution is -2.44. The number of carbonyl (C=O) groups is 1. The van der Waals surface area contributed by atoms with Gasteiger partial charge in [0.05, 0.1) is 6.04 Å². The highest BCUT2D eigenvalue weighted by Gasteiger charge is 2.42. The SMILES string of the molecule is Cc1cccc(NC(=O)[C@H]2NC3CCC2C3)n1.Cl.S=S=S=S=S=S=S=S=S. The summed E-state index contributed by atoms with van der Waals surface area (Å²) in [6.07, 6.45) is 3.55. The van der Waals surface area contributed by atoms with Gasteiger partial charge < -0.3 is 10.6 Å². The maximum Gasteiger partial charge on any atom is 0.242 e. The molecule has 1 aliphatic heterocycles. The minimum absolute atomic E-state index is 0. The van der Waals surface area contributed by atoms with Gasteiger partial charge in [-0.2, -0.15) is 0 Å². The maximum absolute atomic E-state index is 12.1. The number of halogens is 1.